The number of hydrogen-bond donors (Lipinski definition) is 1. The van der Waals surface area contributed by atoms with Crippen LogP contribution in [0.4, 0.5) is 0 Å². The van der Waals surface area contributed by atoms with E-state index in [0.717, 1.165) is 17.3 Å². The van der Waals surface area contributed by atoms with Gasteiger partial charge in [-0.05, 0) is 36.1 Å². The van der Waals surface area contributed by atoms with Crippen molar-refractivity contribution in [1.29, 1.82) is 0 Å². The van der Waals surface area contributed by atoms with Crippen LogP contribution in [0.25, 0.3) is 0 Å². The molecule has 0 radical (unpaired) electrons. The molecule has 0 amide bonds. The average molecular weight is 259 g/mol. The van der Waals surface area contributed by atoms with Crippen LogP contribution in [0, 0.1) is 0 Å². The Morgan fingerprint density at radius 1 is 1.36 bits per heavy atom. The van der Waals surface area contributed by atoms with Crippen LogP contribution >= 0.6 is 15.9 Å². The Labute approximate surface area is 93.0 Å². The van der Waals surface area contributed by atoms with Crippen LogP contribution in [-0.4, -0.2) is 18.8 Å². The molecule has 0 atom stereocenters. The third-order valence-corrected chi connectivity index (χ3v) is 2.57. The normalized spacial score (nSPS) is 10.5. The van der Waals surface area contributed by atoms with E-state index in [1.54, 1.807) is 7.11 Å². The predicted molar refractivity (Wildman–Crippen MR) is 60.3 cm³/mol. The smallest absolute Gasteiger partial charge is 0.0716 e. The van der Waals surface area contributed by atoms with E-state index in [9.17, 15) is 0 Å². The van der Waals surface area contributed by atoms with Crippen LogP contribution in [0.15, 0.2) is 22.7 Å². The molecule has 0 unspecified atom stereocenters. The van der Waals surface area contributed by atoms with Crippen LogP contribution in [0.1, 0.15) is 17.5 Å². The summed E-state index contributed by atoms with van der Waals surface area (Å²) in [6.45, 7) is 0.864. The second-order valence-corrected chi connectivity index (χ2v) is 4.09. The molecule has 0 saturated carbocycles. The molecule has 2 nitrogen and oxygen atoms in total. The lowest BCUT2D eigenvalue weighted by atomic mass is 10.0. The summed E-state index contributed by atoms with van der Waals surface area (Å²) in [5.41, 5.74) is 2.44. The number of aliphatic hydroxyl groups excluding tert-OH is 1. The van der Waals surface area contributed by atoms with Crippen molar-refractivity contribution < 1.29 is 9.84 Å². The highest BCUT2D eigenvalue weighted by atomic mass is 79.9. The van der Waals surface area contributed by atoms with E-state index in [2.05, 4.69) is 28.1 Å². The molecule has 14 heavy (non-hydrogen) atoms. The van der Waals surface area contributed by atoms with E-state index in [-0.39, 0.29) is 6.61 Å². The van der Waals surface area contributed by atoms with Gasteiger partial charge in [0.15, 0.2) is 0 Å². The SMILES string of the molecule is COCc1cc(Br)ccc1CCCO. The Morgan fingerprint density at radius 3 is 2.79 bits per heavy atom. The minimum absolute atomic E-state index is 0.239. The number of rotatable bonds is 5. The average Bonchev–Trinajstić information content (AvgIpc) is 2.17. The zero-order valence-corrected chi connectivity index (χ0v) is 9.88. The number of aryl methyl sites for hydroxylation is 1. The molecule has 1 rings (SSSR count). The maximum absolute atomic E-state index is 8.76. The van der Waals surface area contributed by atoms with Crippen molar-refractivity contribution in [2.24, 2.45) is 0 Å². The maximum atomic E-state index is 8.76. The zero-order valence-electron chi connectivity index (χ0n) is 8.29. The molecule has 0 spiro atoms. The number of hydrogen-bond acceptors (Lipinski definition) is 2. The summed E-state index contributed by atoms with van der Waals surface area (Å²) in [6.07, 6.45) is 1.71. The van der Waals surface area contributed by atoms with Crippen LogP contribution in [0.2, 0.25) is 0 Å². The van der Waals surface area contributed by atoms with Gasteiger partial charge in [0.25, 0.3) is 0 Å². The van der Waals surface area contributed by atoms with Gasteiger partial charge in [-0.3, -0.25) is 0 Å². The minimum Gasteiger partial charge on any atom is -0.396 e. The van der Waals surface area contributed by atoms with E-state index < -0.39 is 0 Å². The zero-order chi connectivity index (χ0) is 10.4. The Morgan fingerprint density at radius 2 is 2.14 bits per heavy atom. The fraction of sp³-hybridized carbons (Fsp3) is 0.455. The molecule has 0 aliphatic heterocycles. The quantitative estimate of drug-likeness (QED) is 0.880. The van der Waals surface area contributed by atoms with Gasteiger partial charge in [-0.1, -0.05) is 22.0 Å². The second-order valence-electron chi connectivity index (χ2n) is 3.17. The van der Waals surface area contributed by atoms with Crippen molar-refractivity contribution in [1.82, 2.24) is 0 Å². The summed E-state index contributed by atoms with van der Waals surface area (Å²) < 4.78 is 6.19. The lowest BCUT2D eigenvalue weighted by Gasteiger charge is -2.08. The monoisotopic (exact) mass is 258 g/mol. The molecule has 1 aromatic carbocycles. The Kier molecular flexibility index (Phi) is 5.15. The Hall–Kier alpha value is -0.380. The summed E-state index contributed by atoms with van der Waals surface area (Å²) in [6, 6.07) is 6.16. The van der Waals surface area contributed by atoms with E-state index >= 15 is 0 Å². The van der Waals surface area contributed by atoms with Crippen LogP contribution in [0.3, 0.4) is 0 Å². The van der Waals surface area contributed by atoms with Crippen molar-refractivity contribution in [3.63, 3.8) is 0 Å². The molecular weight excluding hydrogens is 244 g/mol. The lowest BCUT2D eigenvalue weighted by molar-refractivity contribution is 0.184. The number of halogens is 1. The Balaban J connectivity index is 2.78. The van der Waals surface area contributed by atoms with Crippen molar-refractivity contribution >= 4 is 15.9 Å². The first-order valence-electron chi connectivity index (χ1n) is 4.65. The van der Waals surface area contributed by atoms with Gasteiger partial charge in [-0.2, -0.15) is 0 Å². The first kappa shape index (κ1) is 11.7. The van der Waals surface area contributed by atoms with Gasteiger partial charge in [-0.15, -0.1) is 0 Å². The number of benzene rings is 1. The van der Waals surface area contributed by atoms with Gasteiger partial charge < -0.3 is 9.84 Å². The third kappa shape index (κ3) is 3.40. The molecule has 0 aliphatic carbocycles. The molecule has 78 valence electrons. The molecule has 1 aromatic rings. The number of ether oxygens (including phenoxy) is 1. The largest absolute Gasteiger partial charge is 0.396 e. The summed E-state index contributed by atoms with van der Waals surface area (Å²) in [5.74, 6) is 0. The molecule has 0 aromatic heterocycles. The molecule has 3 heteroatoms. The molecule has 1 N–H and O–H groups in total. The maximum Gasteiger partial charge on any atom is 0.0716 e. The first-order valence-corrected chi connectivity index (χ1v) is 5.44. The number of aliphatic hydroxyl groups is 1. The lowest BCUT2D eigenvalue weighted by Crippen LogP contribution is -1.97. The summed E-state index contributed by atoms with van der Waals surface area (Å²) in [7, 11) is 1.69. The van der Waals surface area contributed by atoms with Gasteiger partial charge in [0.1, 0.15) is 0 Å². The van der Waals surface area contributed by atoms with Crippen molar-refractivity contribution in [3.8, 4) is 0 Å². The fourth-order valence-corrected chi connectivity index (χ4v) is 1.81. The molecular formula is C11H15BrO2. The van der Waals surface area contributed by atoms with Crippen molar-refractivity contribution in [3.05, 3.63) is 33.8 Å². The van der Waals surface area contributed by atoms with Gasteiger partial charge in [0.05, 0.1) is 6.61 Å². The molecule has 0 heterocycles. The third-order valence-electron chi connectivity index (χ3n) is 2.07. The Bertz CT molecular complexity index is 287. The van der Waals surface area contributed by atoms with Crippen LogP contribution < -0.4 is 0 Å². The standard InChI is InChI=1S/C11H15BrO2/c1-14-8-10-7-11(12)5-4-9(10)3-2-6-13/h4-5,7,13H,2-3,6,8H2,1H3. The van der Waals surface area contributed by atoms with E-state index in [1.807, 2.05) is 6.07 Å². The first-order chi connectivity index (χ1) is 6.77. The second kappa shape index (κ2) is 6.17. The van der Waals surface area contributed by atoms with Crippen molar-refractivity contribution in [2.45, 2.75) is 19.4 Å². The topological polar surface area (TPSA) is 29.5 Å². The summed E-state index contributed by atoms with van der Waals surface area (Å²) in [5, 5.41) is 8.76. The van der Waals surface area contributed by atoms with Gasteiger partial charge in [0.2, 0.25) is 0 Å². The van der Waals surface area contributed by atoms with Crippen LogP contribution in [-0.2, 0) is 17.8 Å². The predicted octanol–water partition coefficient (Wildman–Crippen LogP) is 2.52. The molecule has 0 bridgehead atoms. The molecule has 0 saturated heterocycles. The highest BCUT2D eigenvalue weighted by Crippen LogP contribution is 2.18. The van der Waals surface area contributed by atoms with E-state index in [0.29, 0.717) is 6.61 Å². The number of methoxy groups -OCH3 is 1. The van der Waals surface area contributed by atoms with Crippen LogP contribution in [0.5, 0.6) is 0 Å². The summed E-state index contributed by atoms with van der Waals surface area (Å²) in [4.78, 5) is 0. The van der Waals surface area contributed by atoms with E-state index in [1.165, 1.54) is 11.1 Å². The molecule has 0 aliphatic rings. The van der Waals surface area contributed by atoms with Crippen molar-refractivity contribution in [2.75, 3.05) is 13.7 Å². The van der Waals surface area contributed by atoms with E-state index in [4.69, 9.17) is 9.84 Å². The van der Waals surface area contributed by atoms with Gasteiger partial charge in [-0.25, -0.2) is 0 Å². The minimum atomic E-state index is 0.239. The summed E-state index contributed by atoms with van der Waals surface area (Å²) >= 11 is 3.43. The highest BCUT2D eigenvalue weighted by molar-refractivity contribution is 9.10. The highest BCUT2D eigenvalue weighted by Gasteiger charge is 2.02. The molecule has 0 fully saturated rings. The van der Waals surface area contributed by atoms with Gasteiger partial charge >= 0.3 is 0 Å². The van der Waals surface area contributed by atoms with Gasteiger partial charge in [0, 0.05) is 18.2 Å². The fourth-order valence-electron chi connectivity index (χ4n) is 1.40.